The van der Waals surface area contributed by atoms with E-state index in [1.807, 2.05) is 49.1 Å². The molecule has 0 saturated carbocycles. The zero-order valence-corrected chi connectivity index (χ0v) is 12.6. The number of hydrogen-bond acceptors (Lipinski definition) is 4. The van der Waals surface area contributed by atoms with E-state index in [4.69, 9.17) is 0 Å². The highest BCUT2D eigenvalue weighted by atomic mass is 15.5. The standard InChI is InChI=1S/C16H20N6/c1-14(12-21-8-7-17-13-21)9-18-10-15-11-19-22(20-15)16-5-3-2-4-6-16/h2-8,11,13-14,18H,9-10,12H2,1H3. The Balaban J connectivity index is 1.47. The Kier molecular flexibility index (Phi) is 4.60. The van der Waals surface area contributed by atoms with E-state index in [1.54, 1.807) is 11.0 Å². The lowest BCUT2D eigenvalue weighted by molar-refractivity contribution is 0.443. The van der Waals surface area contributed by atoms with Gasteiger partial charge in [0, 0.05) is 25.5 Å². The molecule has 1 aromatic carbocycles. The molecule has 2 heterocycles. The third-order valence-electron chi connectivity index (χ3n) is 3.41. The summed E-state index contributed by atoms with van der Waals surface area (Å²) < 4.78 is 2.10. The van der Waals surface area contributed by atoms with Crippen molar-refractivity contribution in [1.29, 1.82) is 0 Å². The zero-order valence-electron chi connectivity index (χ0n) is 12.6. The van der Waals surface area contributed by atoms with Crippen LogP contribution in [0, 0.1) is 5.92 Å². The molecular weight excluding hydrogens is 276 g/mol. The van der Waals surface area contributed by atoms with Crippen molar-refractivity contribution in [1.82, 2.24) is 29.9 Å². The first-order chi connectivity index (χ1) is 10.8. The maximum Gasteiger partial charge on any atom is 0.0969 e. The summed E-state index contributed by atoms with van der Waals surface area (Å²) in [5.74, 6) is 0.526. The molecule has 0 amide bonds. The van der Waals surface area contributed by atoms with Crippen LogP contribution in [0.3, 0.4) is 0 Å². The first-order valence-corrected chi connectivity index (χ1v) is 7.44. The number of nitrogens with one attached hydrogen (secondary N) is 1. The zero-order chi connectivity index (χ0) is 15.2. The van der Waals surface area contributed by atoms with Crippen LogP contribution in [0.25, 0.3) is 5.69 Å². The third-order valence-corrected chi connectivity index (χ3v) is 3.41. The van der Waals surface area contributed by atoms with Crippen LogP contribution in [0.15, 0.2) is 55.2 Å². The second-order valence-corrected chi connectivity index (χ2v) is 5.46. The topological polar surface area (TPSA) is 60.6 Å². The predicted molar refractivity (Wildman–Crippen MR) is 84.5 cm³/mol. The van der Waals surface area contributed by atoms with Gasteiger partial charge in [0.2, 0.25) is 0 Å². The average molecular weight is 296 g/mol. The second kappa shape index (κ2) is 7.00. The predicted octanol–water partition coefficient (Wildman–Crippen LogP) is 1.89. The van der Waals surface area contributed by atoms with Crippen LogP contribution in [0.1, 0.15) is 12.6 Å². The molecule has 0 aliphatic heterocycles. The number of rotatable bonds is 7. The van der Waals surface area contributed by atoms with Crippen LogP contribution in [0.5, 0.6) is 0 Å². The lowest BCUT2D eigenvalue weighted by Gasteiger charge is -2.12. The Morgan fingerprint density at radius 1 is 1.23 bits per heavy atom. The van der Waals surface area contributed by atoms with Crippen LogP contribution in [-0.2, 0) is 13.1 Å². The quantitative estimate of drug-likeness (QED) is 0.723. The van der Waals surface area contributed by atoms with Crippen LogP contribution >= 0.6 is 0 Å². The SMILES string of the molecule is CC(CNCc1cnn(-c2ccccc2)n1)Cn1ccnc1. The van der Waals surface area contributed by atoms with Crippen molar-refractivity contribution < 1.29 is 0 Å². The number of imidazole rings is 1. The average Bonchev–Trinajstić information content (AvgIpc) is 3.20. The molecule has 1 unspecified atom stereocenters. The molecule has 0 aliphatic rings. The summed E-state index contributed by atoms with van der Waals surface area (Å²) in [7, 11) is 0. The maximum absolute atomic E-state index is 4.48. The van der Waals surface area contributed by atoms with E-state index in [-0.39, 0.29) is 0 Å². The number of hydrogen-bond donors (Lipinski definition) is 1. The van der Waals surface area contributed by atoms with E-state index in [1.165, 1.54) is 0 Å². The highest BCUT2D eigenvalue weighted by molar-refractivity contribution is 5.28. The van der Waals surface area contributed by atoms with E-state index in [0.717, 1.165) is 31.0 Å². The van der Waals surface area contributed by atoms with Crippen molar-refractivity contribution in [2.75, 3.05) is 6.54 Å². The van der Waals surface area contributed by atoms with Crippen molar-refractivity contribution in [3.05, 3.63) is 60.9 Å². The van der Waals surface area contributed by atoms with E-state index in [9.17, 15) is 0 Å². The van der Waals surface area contributed by atoms with E-state index in [2.05, 4.69) is 32.0 Å². The van der Waals surface area contributed by atoms with Gasteiger partial charge >= 0.3 is 0 Å². The first kappa shape index (κ1) is 14.5. The molecule has 0 aliphatic carbocycles. The van der Waals surface area contributed by atoms with Crippen molar-refractivity contribution in [2.24, 2.45) is 5.92 Å². The third kappa shape index (κ3) is 3.79. The van der Waals surface area contributed by atoms with Gasteiger partial charge in [-0.05, 0) is 24.6 Å². The van der Waals surface area contributed by atoms with Gasteiger partial charge in [-0.1, -0.05) is 25.1 Å². The fourth-order valence-corrected chi connectivity index (χ4v) is 2.33. The summed E-state index contributed by atoms with van der Waals surface area (Å²) in [5, 5.41) is 12.2. The van der Waals surface area contributed by atoms with Crippen molar-refractivity contribution >= 4 is 0 Å². The van der Waals surface area contributed by atoms with Crippen molar-refractivity contribution in [3.63, 3.8) is 0 Å². The van der Waals surface area contributed by atoms with E-state index in [0.29, 0.717) is 5.92 Å². The van der Waals surface area contributed by atoms with Crippen LogP contribution in [0.4, 0.5) is 0 Å². The van der Waals surface area contributed by atoms with Crippen LogP contribution in [0.2, 0.25) is 0 Å². The molecule has 22 heavy (non-hydrogen) atoms. The molecule has 0 saturated heterocycles. The van der Waals surface area contributed by atoms with Crippen LogP contribution in [-0.4, -0.2) is 31.1 Å². The molecule has 0 spiro atoms. The van der Waals surface area contributed by atoms with Gasteiger partial charge in [0.15, 0.2) is 0 Å². The molecule has 6 nitrogen and oxygen atoms in total. The first-order valence-electron chi connectivity index (χ1n) is 7.44. The maximum atomic E-state index is 4.48. The molecule has 6 heteroatoms. The summed E-state index contributed by atoms with van der Waals surface area (Å²) in [4.78, 5) is 5.71. The van der Waals surface area contributed by atoms with Gasteiger partial charge < -0.3 is 9.88 Å². The minimum Gasteiger partial charge on any atom is -0.337 e. The Bertz CT molecular complexity index is 674. The lowest BCUT2D eigenvalue weighted by Crippen LogP contribution is -2.23. The van der Waals surface area contributed by atoms with Gasteiger partial charge in [-0.3, -0.25) is 0 Å². The number of benzene rings is 1. The molecule has 3 rings (SSSR count). The Morgan fingerprint density at radius 2 is 2.09 bits per heavy atom. The molecule has 114 valence electrons. The van der Waals surface area contributed by atoms with Crippen molar-refractivity contribution in [3.8, 4) is 5.69 Å². The number of nitrogens with zero attached hydrogens (tertiary/aromatic N) is 5. The Morgan fingerprint density at radius 3 is 2.86 bits per heavy atom. The molecular formula is C16H20N6. The molecule has 2 aromatic heterocycles. The van der Waals surface area contributed by atoms with Gasteiger partial charge in [0.1, 0.15) is 0 Å². The number of aromatic nitrogens is 5. The fourth-order valence-electron chi connectivity index (χ4n) is 2.33. The summed E-state index contributed by atoms with van der Waals surface area (Å²) in [6.45, 7) is 4.83. The summed E-state index contributed by atoms with van der Waals surface area (Å²) in [6.07, 6.45) is 7.45. The van der Waals surface area contributed by atoms with Crippen LogP contribution < -0.4 is 5.32 Å². The van der Waals surface area contributed by atoms with E-state index < -0.39 is 0 Å². The molecule has 0 radical (unpaired) electrons. The van der Waals surface area contributed by atoms with Gasteiger partial charge in [0.25, 0.3) is 0 Å². The molecule has 3 aromatic rings. The molecule has 0 bridgehead atoms. The highest BCUT2D eigenvalue weighted by Crippen LogP contribution is 2.04. The minimum absolute atomic E-state index is 0.526. The summed E-state index contributed by atoms with van der Waals surface area (Å²) >= 11 is 0. The highest BCUT2D eigenvalue weighted by Gasteiger charge is 2.05. The molecule has 1 N–H and O–H groups in total. The summed E-state index contributed by atoms with van der Waals surface area (Å²) in [6, 6.07) is 9.93. The van der Waals surface area contributed by atoms with Gasteiger partial charge in [-0.25, -0.2) is 4.98 Å². The monoisotopic (exact) mass is 296 g/mol. The molecule has 0 fully saturated rings. The van der Waals surface area contributed by atoms with Crippen molar-refractivity contribution in [2.45, 2.75) is 20.0 Å². The summed E-state index contributed by atoms with van der Waals surface area (Å²) in [5.41, 5.74) is 1.92. The number of para-hydroxylation sites is 1. The Hall–Kier alpha value is -2.47. The second-order valence-electron chi connectivity index (χ2n) is 5.46. The Labute approximate surface area is 129 Å². The lowest BCUT2D eigenvalue weighted by atomic mass is 10.2. The molecule has 1 atom stereocenters. The fraction of sp³-hybridized carbons (Fsp3) is 0.312. The van der Waals surface area contributed by atoms with Gasteiger partial charge in [-0.2, -0.15) is 15.0 Å². The smallest absolute Gasteiger partial charge is 0.0969 e. The van der Waals surface area contributed by atoms with Gasteiger partial charge in [-0.15, -0.1) is 0 Å². The largest absolute Gasteiger partial charge is 0.337 e. The van der Waals surface area contributed by atoms with Gasteiger partial charge in [0.05, 0.1) is 23.9 Å². The van der Waals surface area contributed by atoms with E-state index >= 15 is 0 Å². The minimum atomic E-state index is 0.526. The normalized spacial score (nSPS) is 12.4.